The van der Waals surface area contributed by atoms with Crippen LogP contribution >= 0.6 is 0 Å². The van der Waals surface area contributed by atoms with Crippen molar-refractivity contribution in [3.63, 3.8) is 0 Å². The van der Waals surface area contributed by atoms with Gasteiger partial charge in [-0.15, -0.1) is 0 Å². The van der Waals surface area contributed by atoms with E-state index >= 15 is 0 Å². The van der Waals surface area contributed by atoms with Crippen molar-refractivity contribution in [2.24, 2.45) is 0 Å². The fourth-order valence-corrected chi connectivity index (χ4v) is 0.351. The monoisotopic (exact) mass is 124 g/mol. The second-order valence-corrected chi connectivity index (χ2v) is 1.44. The van der Waals surface area contributed by atoms with Gasteiger partial charge in [-0.1, -0.05) is 43.9 Å². The van der Waals surface area contributed by atoms with Crippen LogP contribution in [-0.4, -0.2) is 0 Å². The fraction of sp³-hybridized carbons (Fsp3) is 0.333. The second kappa shape index (κ2) is 10.3. The number of hydrogen-bond donors (Lipinski definition) is 0. The third-order valence-corrected chi connectivity index (χ3v) is 0.718. The van der Waals surface area contributed by atoms with Crippen LogP contribution in [0.25, 0.3) is 0 Å². The van der Waals surface area contributed by atoms with Gasteiger partial charge in [-0.05, 0) is 13.8 Å². The molecule has 0 unspecified atom stereocenters. The molecule has 0 radical (unpaired) electrons. The summed E-state index contributed by atoms with van der Waals surface area (Å²) in [6.45, 7) is 4.00. The van der Waals surface area contributed by atoms with Gasteiger partial charge in [0, 0.05) is 0 Å². The van der Waals surface area contributed by atoms with Crippen molar-refractivity contribution in [3.05, 3.63) is 36.5 Å². The van der Waals surface area contributed by atoms with Crippen molar-refractivity contribution in [2.45, 2.75) is 21.3 Å². The molecule has 52 valence electrons. The minimum atomic E-state index is 0. The van der Waals surface area contributed by atoms with E-state index in [9.17, 15) is 0 Å². The topological polar surface area (TPSA) is 0 Å². The lowest BCUT2D eigenvalue weighted by Crippen LogP contribution is -1.46. The van der Waals surface area contributed by atoms with Gasteiger partial charge in [0.2, 0.25) is 0 Å². The van der Waals surface area contributed by atoms with Crippen molar-refractivity contribution >= 4 is 0 Å². The van der Waals surface area contributed by atoms with Gasteiger partial charge in [-0.3, -0.25) is 0 Å². The molecule has 0 aliphatic carbocycles. The average Bonchev–Trinajstić information content (AvgIpc) is 1.81. The molecule has 9 heavy (non-hydrogen) atoms. The highest BCUT2D eigenvalue weighted by Gasteiger charge is 1.55. The number of rotatable bonds is 2. The molecule has 0 aromatic rings. The summed E-state index contributed by atoms with van der Waals surface area (Å²) in [6, 6.07) is 0. The lowest BCUT2D eigenvalue weighted by Gasteiger charge is -1.68. The third-order valence-electron chi connectivity index (χ3n) is 0.718. The van der Waals surface area contributed by atoms with Gasteiger partial charge in [-0.25, -0.2) is 0 Å². The van der Waals surface area contributed by atoms with Crippen LogP contribution in [0.15, 0.2) is 36.5 Å². The lowest BCUT2D eigenvalue weighted by atomic mass is 10.4. The zero-order valence-corrected chi connectivity index (χ0v) is 5.46. The summed E-state index contributed by atoms with van der Waals surface area (Å²) in [6.07, 6.45) is 12.0. The van der Waals surface area contributed by atoms with Crippen LogP contribution in [0.1, 0.15) is 21.3 Å². The fourth-order valence-electron chi connectivity index (χ4n) is 0.351. The highest BCUT2D eigenvalue weighted by atomic mass is 13.6. The summed E-state index contributed by atoms with van der Waals surface area (Å²) in [5, 5.41) is 0. The first-order valence-electron chi connectivity index (χ1n) is 2.82. The highest BCUT2D eigenvalue weighted by molar-refractivity contribution is 5.09. The van der Waals surface area contributed by atoms with E-state index in [1.165, 1.54) is 0 Å². The molecule has 0 aromatic carbocycles. The van der Waals surface area contributed by atoms with E-state index < -0.39 is 0 Å². The van der Waals surface area contributed by atoms with E-state index in [1.54, 1.807) is 0 Å². The Morgan fingerprint density at radius 1 is 0.667 bits per heavy atom. The molecular formula is C9H16. The molecule has 0 bridgehead atoms. The normalized spacial score (nSPS) is 11.3. The summed E-state index contributed by atoms with van der Waals surface area (Å²) in [4.78, 5) is 0. The Labute approximate surface area is 58.6 Å². The van der Waals surface area contributed by atoms with Crippen molar-refractivity contribution in [1.29, 1.82) is 0 Å². The Balaban J connectivity index is 0. The zero-order valence-electron chi connectivity index (χ0n) is 5.46. The first kappa shape index (κ1) is 11.1. The summed E-state index contributed by atoms with van der Waals surface area (Å²) < 4.78 is 0. The minimum absolute atomic E-state index is 0. The van der Waals surface area contributed by atoms with Crippen molar-refractivity contribution in [3.8, 4) is 0 Å². The van der Waals surface area contributed by atoms with Gasteiger partial charge < -0.3 is 0 Å². The molecule has 0 nitrogen and oxygen atoms in total. The molecule has 0 N–H and O–H groups in total. The molecule has 0 fully saturated rings. The Morgan fingerprint density at radius 2 is 1.00 bits per heavy atom. The van der Waals surface area contributed by atoms with Crippen molar-refractivity contribution in [2.75, 3.05) is 0 Å². The number of allylic oxidation sites excluding steroid dienone is 6. The van der Waals surface area contributed by atoms with Crippen LogP contribution in [0.5, 0.6) is 0 Å². The Morgan fingerprint density at radius 3 is 1.22 bits per heavy atom. The molecule has 0 saturated carbocycles. The maximum Gasteiger partial charge on any atom is -0.0467 e. The highest BCUT2D eigenvalue weighted by Crippen LogP contribution is 1.77. The molecule has 0 spiro atoms. The third kappa shape index (κ3) is 11.0. The first-order valence-corrected chi connectivity index (χ1v) is 2.82. The molecule has 0 rings (SSSR count). The van der Waals surface area contributed by atoms with Gasteiger partial charge in [0.05, 0.1) is 0 Å². The molecule has 0 amide bonds. The second-order valence-electron chi connectivity index (χ2n) is 1.44. The molecule has 0 heterocycles. The molecule has 0 heteroatoms. The first-order chi connectivity index (χ1) is 3.91. The molecule has 0 aliphatic rings. The van der Waals surface area contributed by atoms with Gasteiger partial charge >= 0.3 is 0 Å². The van der Waals surface area contributed by atoms with Crippen molar-refractivity contribution in [1.82, 2.24) is 0 Å². The summed E-state index contributed by atoms with van der Waals surface area (Å²) in [7, 11) is 0. The summed E-state index contributed by atoms with van der Waals surface area (Å²) in [5.74, 6) is 0. The molecule has 0 atom stereocenters. The standard InChI is InChI=1S/C8H12.CH4/c1-3-5-7-8-6-4-2;/h3-8H,1-2H3;1H4/b5-3-,6-4-,8-7-;. The van der Waals surface area contributed by atoms with Crippen LogP contribution in [0.4, 0.5) is 0 Å². The minimum Gasteiger partial charge on any atom is -0.0877 e. The summed E-state index contributed by atoms with van der Waals surface area (Å²) >= 11 is 0. The summed E-state index contributed by atoms with van der Waals surface area (Å²) in [5.41, 5.74) is 0. The van der Waals surface area contributed by atoms with E-state index in [-0.39, 0.29) is 7.43 Å². The van der Waals surface area contributed by atoms with Gasteiger partial charge in [-0.2, -0.15) is 0 Å². The Hall–Kier alpha value is -0.780. The van der Waals surface area contributed by atoms with E-state index in [1.807, 2.05) is 50.3 Å². The van der Waals surface area contributed by atoms with Crippen LogP contribution in [0.3, 0.4) is 0 Å². The zero-order chi connectivity index (χ0) is 6.24. The average molecular weight is 124 g/mol. The Bertz CT molecular complexity index is 91.2. The van der Waals surface area contributed by atoms with E-state index in [4.69, 9.17) is 0 Å². The van der Waals surface area contributed by atoms with E-state index in [2.05, 4.69) is 0 Å². The van der Waals surface area contributed by atoms with Crippen LogP contribution in [0.2, 0.25) is 0 Å². The quantitative estimate of drug-likeness (QED) is 0.495. The molecule has 0 saturated heterocycles. The Kier molecular flexibility index (Phi) is 12.6. The van der Waals surface area contributed by atoms with Crippen LogP contribution in [-0.2, 0) is 0 Å². The van der Waals surface area contributed by atoms with Gasteiger partial charge in [0.1, 0.15) is 0 Å². The maximum absolute atomic E-state index is 2.00. The lowest BCUT2D eigenvalue weighted by molar-refractivity contribution is 1.71. The van der Waals surface area contributed by atoms with Crippen molar-refractivity contribution < 1.29 is 0 Å². The molecular weight excluding hydrogens is 108 g/mol. The van der Waals surface area contributed by atoms with Gasteiger partial charge in [0.25, 0.3) is 0 Å². The number of hydrogen-bond acceptors (Lipinski definition) is 0. The smallest absolute Gasteiger partial charge is 0.0467 e. The van der Waals surface area contributed by atoms with E-state index in [0.717, 1.165) is 0 Å². The largest absolute Gasteiger partial charge is 0.0877 e. The maximum atomic E-state index is 2.00. The van der Waals surface area contributed by atoms with Crippen LogP contribution < -0.4 is 0 Å². The molecule has 0 aromatic heterocycles. The van der Waals surface area contributed by atoms with Crippen LogP contribution in [0, 0.1) is 0 Å². The SMILES string of the molecule is C.C\C=C/C=C\C=C/C. The predicted molar refractivity (Wildman–Crippen MR) is 45.5 cm³/mol. The predicted octanol–water partition coefficient (Wildman–Crippen LogP) is 3.33. The molecule has 0 aliphatic heterocycles. The van der Waals surface area contributed by atoms with Gasteiger partial charge in [0.15, 0.2) is 0 Å². The van der Waals surface area contributed by atoms with E-state index in [0.29, 0.717) is 0 Å².